The SMILES string of the molecule is CCC1CCCCN1C(=O)COC(=O)COc1cc(Cl)c(Cl)cc1Cl. The molecule has 0 bridgehead atoms. The maximum atomic E-state index is 12.2. The molecule has 1 aromatic carbocycles. The van der Waals surface area contributed by atoms with Gasteiger partial charge in [-0.3, -0.25) is 4.79 Å². The molecule has 0 aliphatic carbocycles. The number of hydrogen-bond donors (Lipinski definition) is 0. The Labute approximate surface area is 162 Å². The van der Waals surface area contributed by atoms with Crippen molar-refractivity contribution in [3.05, 3.63) is 27.2 Å². The van der Waals surface area contributed by atoms with Gasteiger partial charge in [-0.25, -0.2) is 4.79 Å². The number of rotatable bonds is 6. The molecule has 1 aromatic rings. The summed E-state index contributed by atoms with van der Waals surface area (Å²) in [5.74, 6) is -0.602. The summed E-state index contributed by atoms with van der Waals surface area (Å²) in [6.45, 7) is 2.11. The Morgan fingerprint density at radius 3 is 2.56 bits per heavy atom. The Kier molecular flexibility index (Phi) is 7.66. The van der Waals surface area contributed by atoms with Gasteiger partial charge in [0.25, 0.3) is 5.91 Å². The Balaban J connectivity index is 1.80. The molecule has 1 atom stereocenters. The van der Waals surface area contributed by atoms with Gasteiger partial charge >= 0.3 is 5.97 Å². The van der Waals surface area contributed by atoms with Crippen molar-refractivity contribution >= 4 is 46.7 Å². The topological polar surface area (TPSA) is 55.8 Å². The third kappa shape index (κ3) is 5.66. The number of halogens is 3. The molecule has 0 radical (unpaired) electrons. The molecule has 1 saturated heterocycles. The second kappa shape index (κ2) is 9.51. The van der Waals surface area contributed by atoms with Crippen molar-refractivity contribution in [2.45, 2.75) is 38.6 Å². The highest BCUT2D eigenvalue weighted by Crippen LogP contribution is 2.33. The number of likely N-dealkylation sites (tertiary alicyclic amines) is 1. The van der Waals surface area contributed by atoms with E-state index in [0.29, 0.717) is 11.6 Å². The van der Waals surface area contributed by atoms with Crippen molar-refractivity contribution in [3.63, 3.8) is 0 Å². The van der Waals surface area contributed by atoms with Crippen LogP contribution >= 0.6 is 34.8 Å². The average molecular weight is 409 g/mol. The molecule has 0 aromatic heterocycles. The number of hydrogen-bond acceptors (Lipinski definition) is 4. The summed E-state index contributed by atoms with van der Waals surface area (Å²) < 4.78 is 10.3. The van der Waals surface area contributed by atoms with Crippen molar-refractivity contribution < 1.29 is 19.1 Å². The fraction of sp³-hybridized carbons (Fsp3) is 0.529. The van der Waals surface area contributed by atoms with Gasteiger partial charge in [-0.2, -0.15) is 0 Å². The largest absolute Gasteiger partial charge is 0.480 e. The van der Waals surface area contributed by atoms with E-state index in [1.165, 1.54) is 12.1 Å². The fourth-order valence-corrected chi connectivity index (χ4v) is 3.36. The van der Waals surface area contributed by atoms with Crippen LogP contribution in [-0.4, -0.2) is 42.6 Å². The van der Waals surface area contributed by atoms with E-state index < -0.39 is 5.97 Å². The lowest BCUT2D eigenvalue weighted by Crippen LogP contribution is -2.45. The zero-order valence-corrected chi connectivity index (χ0v) is 16.2. The average Bonchev–Trinajstić information content (AvgIpc) is 2.61. The van der Waals surface area contributed by atoms with Gasteiger partial charge < -0.3 is 14.4 Å². The minimum Gasteiger partial charge on any atom is -0.480 e. The summed E-state index contributed by atoms with van der Waals surface area (Å²) in [6, 6.07) is 3.08. The zero-order valence-electron chi connectivity index (χ0n) is 13.9. The van der Waals surface area contributed by atoms with E-state index in [0.717, 1.165) is 25.7 Å². The normalized spacial score (nSPS) is 17.3. The summed E-state index contributed by atoms with van der Waals surface area (Å²) in [4.78, 5) is 25.8. The molecule has 25 heavy (non-hydrogen) atoms. The van der Waals surface area contributed by atoms with E-state index in [1.807, 2.05) is 0 Å². The first-order valence-electron chi connectivity index (χ1n) is 8.14. The van der Waals surface area contributed by atoms with Crippen LogP contribution in [0.4, 0.5) is 0 Å². The molecule has 1 aliphatic heterocycles. The first-order chi connectivity index (χ1) is 11.9. The van der Waals surface area contributed by atoms with Crippen LogP contribution in [-0.2, 0) is 14.3 Å². The summed E-state index contributed by atoms with van der Waals surface area (Å²) in [5.41, 5.74) is 0. The van der Waals surface area contributed by atoms with Crippen molar-refractivity contribution in [2.75, 3.05) is 19.8 Å². The molecular formula is C17H20Cl3NO4. The van der Waals surface area contributed by atoms with Crippen LogP contribution in [0.25, 0.3) is 0 Å². The molecule has 138 valence electrons. The predicted octanol–water partition coefficient (Wildman–Crippen LogP) is 4.36. The second-order valence-corrected chi connectivity index (χ2v) is 7.01. The number of ether oxygens (including phenoxy) is 2. The van der Waals surface area contributed by atoms with Crippen LogP contribution in [0.2, 0.25) is 15.1 Å². The Morgan fingerprint density at radius 1 is 1.12 bits per heavy atom. The summed E-state index contributed by atoms with van der Waals surface area (Å²) >= 11 is 17.7. The Hall–Kier alpha value is -1.17. The molecule has 1 aliphatic rings. The lowest BCUT2D eigenvalue weighted by molar-refractivity contribution is -0.155. The predicted molar refractivity (Wildman–Crippen MR) is 97.6 cm³/mol. The van der Waals surface area contributed by atoms with Crippen LogP contribution in [0.1, 0.15) is 32.6 Å². The van der Waals surface area contributed by atoms with Gasteiger partial charge in [0.05, 0.1) is 15.1 Å². The third-order valence-electron chi connectivity index (χ3n) is 4.10. The first-order valence-corrected chi connectivity index (χ1v) is 9.28. The Morgan fingerprint density at radius 2 is 1.84 bits per heavy atom. The lowest BCUT2D eigenvalue weighted by Gasteiger charge is -2.35. The highest BCUT2D eigenvalue weighted by molar-refractivity contribution is 6.43. The maximum absolute atomic E-state index is 12.2. The monoisotopic (exact) mass is 407 g/mol. The standard InChI is InChI=1S/C17H20Cl3NO4/c1-2-11-5-3-4-6-21(11)16(22)9-25-17(23)10-24-15-8-13(19)12(18)7-14(15)20/h7-8,11H,2-6,9-10H2,1H3. The molecule has 8 heteroatoms. The van der Waals surface area contributed by atoms with Gasteiger partial charge in [0, 0.05) is 18.7 Å². The van der Waals surface area contributed by atoms with E-state index in [2.05, 4.69) is 6.92 Å². The fourth-order valence-electron chi connectivity index (χ4n) is 2.77. The molecule has 2 rings (SSSR count). The number of benzene rings is 1. The van der Waals surface area contributed by atoms with E-state index in [1.54, 1.807) is 4.90 Å². The van der Waals surface area contributed by atoms with Crippen molar-refractivity contribution in [2.24, 2.45) is 0 Å². The number of amides is 1. The highest BCUT2D eigenvalue weighted by atomic mass is 35.5. The van der Waals surface area contributed by atoms with E-state index in [4.69, 9.17) is 44.3 Å². The van der Waals surface area contributed by atoms with Gasteiger partial charge in [0.15, 0.2) is 13.2 Å². The molecule has 1 amide bonds. The molecule has 0 spiro atoms. The van der Waals surface area contributed by atoms with Crippen LogP contribution < -0.4 is 4.74 Å². The number of piperidine rings is 1. The van der Waals surface area contributed by atoms with E-state index >= 15 is 0 Å². The second-order valence-electron chi connectivity index (χ2n) is 5.79. The van der Waals surface area contributed by atoms with Crippen molar-refractivity contribution in [3.8, 4) is 5.75 Å². The van der Waals surface area contributed by atoms with Gasteiger partial charge in [-0.05, 0) is 31.7 Å². The minimum atomic E-state index is -0.652. The van der Waals surface area contributed by atoms with Crippen molar-refractivity contribution in [1.82, 2.24) is 4.90 Å². The molecule has 0 saturated carbocycles. The quantitative estimate of drug-likeness (QED) is 0.518. The van der Waals surface area contributed by atoms with Gasteiger partial charge in [0.1, 0.15) is 5.75 Å². The summed E-state index contributed by atoms with van der Waals surface area (Å²) in [6.07, 6.45) is 4.00. The maximum Gasteiger partial charge on any atom is 0.344 e. The summed E-state index contributed by atoms with van der Waals surface area (Å²) in [5, 5.41) is 0.789. The van der Waals surface area contributed by atoms with E-state index in [9.17, 15) is 9.59 Å². The molecule has 5 nitrogen and oxygen atoms in total. The molecule has 1 unspecified atom stereocenters. The molecule has 0 N–H and O–H groups in total. The van der Waals surface area contributed by atoms with Gasteiger partial charge in [-0.15, -0.1) is 0 Å². The first kappa shape index (κ1) is 20.1. The van der Waals surface area contributed by atoms with Crippen molar-refractivity contribution in [1.29, 1.82) is 0 Å². The van der Waals surface area contributed by atoms with Gasteiger partial charge in [0.2, 0.25) is 0 Å². The lowest BCUT2D eigenvalue weighted by atomic mass is 10.00. The van der Waals surface area contributed by atoms with Crippen LogP contribution in [0.15, 0.2) is 12.1 Å². The third-order valence-corrected chi connectivity index (χ3v) is 5.11. The van der Waals surface area contributed by atoms with Crippen LogP contribution in [0.5, 0.6) is 5.75 Å². The summed E-state index contributed by atoms with van der Waals surface area (Å²) in [7, 11) is 0. The molecular weight excluding hydrogens is 389 g/mol. The molecule has 1 heterocycles. The van der Waals surface area contributed by atoms with Crippen LogP contribution in [0, 0.1) is 0 Å². The van der Waals surface area contributed by atoms with Gasteiger partial charge in [-0.1, -0.05) is 41.7 Å². The van der Waals surface area contributed by atoms with E-state index in [-0.39, 0.29) is 41.0 Å². The number of esters is 1. The number of carbonyl (C=O) groups is 2. The number of nitrogens with zero attached hydrogens (tertiary/aromatic N) is 1. The number of carbonyl (C=O) groups excluding carboxylic acids is 2. The van der Waals surface area contributed by atoms with Crippen LogP contribution in [0.3, 0.4) is 0 Å². The molecule has 1 fully saturated rings. The minimum absolute atomic E-state index is 0.174. The zero-order chi connectivity index (χ0) is 18.4. The smallest absolute Gasteiger partial charge is 0.344 e. The Bertz CT molecular complexity index is 639. The highest BCUT2D eigenvalue weighted by Gasteiger charge is 2.25.